The highest BCUT2D eigenvalue weighted by Crippen LogP contribution is 2.36. The first-order valence-electron chi connectivity index (χ1n) is 7.13. The van der Waals surface area contributed by atoms with E-state index in [4.69, 9.17) is 9.47 Å². The van der Waals surface area contributed by atoms with Gasteiger partial charge in [0.15, 0.2) is 11.5 Å². The maximum Gasteiger partial charge on any atom is 0.175 e. The minimum atomic E-state index is 0. The molecule has 0 aromatic heterocycles. The molecule has 0 unspecified atom stereocenters. The first kappa shape index (κ1) is 24.1. The molecule has 22 heavy (non-hydrogen) atoms. The van der Waals surface area contributed by atoms with Gasteiger partial charge in [-0.15, -0.1) is 24.8 Å². The molecule has 0 bridgehead atoms. The molecule has 1 rings (SSSR count). The van der Waals surface area contributed by atoms with E-state index in [9.17, 15) is 0 Å². The van der Waals surface area contributed by atoms with Crippen LogP contribution in [0.25, 0.3) is 0 Å². The van der Waals surface area contributed by atoms with Crippen LogP contribution < -0.4 is 20.1 Å². The van der Waals surface area contributed by atoms with Crippen LogP contribution in [0.3, 0.4) is 0 Å². The van der Waals surface area contributed by atoms with Gasteiger partial charge in [-0.25, -0.2) is 0 Å². The van der Waals surface area contributed by atoms with Crippen molar-refractivity contribution in [3.63, 3.8) is 0 Å². The summed E-state index contributed by atoms with van der Waals surface area (Å²) in [5.74, 6) is 1.54. The SMILES string of the molecule is CCNCCCNCc1cc(Br)c(OCC)c(OC)c1.Cl.Cl. The zero-order valence-corrected chi connectivity index (χ0v) is 16.6. The predicted molar refractivity (Wildman–Crippen MR) is 101 cm³/mol. The Balaban J connectivity index is 0. The standard InChI is InChI=1S/C15H25BrN2O2.2ClH/c1-4-17-7-6-8-18-11-12-9-13(16)15(20-5-2)14(10-12)19-3;;/h9-10,17-18H,4-8,11H2,1-3H3;2*1H. The number of hydrogen-bond acceptors (Lipinski definition) is 4. The summed E-state index contributed by atoms with van der Waals surface area (Å²) in [6, 6.07) is 4.10. The third-order valence-electron chi connectivity index (χ3n) is 2.86. The van der Waals surface area contributed by atoms with Gasteiger partial charge in [-0.2, -0.15) is 0 Å². The largest absolute Gasteiger partial charge is 0.493 e. The average molecular weight is 418 g/mol. The fourth-order valence-electron chi connectivity index (χ4n) is 1.91. The van der Waals surface area contributed by atoms with Crippen molar-refractivity contribution >= 4 is 40.7 Å². The Bertz CT molecular complexity index is 409. The van der Waals surface area contributed by atoms with Gasteiger partial charge in [-0.3, -0.25) is 0 Å². The van der Waals surface area contributed by atoms with Gasteiger partial charge < -0.3 is 20.1 Å². The Labute approximate surface area is 154 Å². The average Bonchev–Trinajstić information content (AvgIpc) is 2.45. The first-order valence-corrected chi connectivity index (χ1v) is 7.92. The van der Waals surface area contributed by atoms with Crippen molar-refractivity contribution in [3.05, 3.63) is 22.2 Å². The summed E-state index contributed by atoms with van der Waals surface area (Å²) in [5, 5.41) is 6.75. The van der Waals surface area contributed by atoms with E-state index < -0.39 is 0 Å². The lowest BCUT2D eigenvalue weighted by Gasteiger charge is -2.13. The molecule has 7 heteroatoms. The zero-order valence-electron chi connectivity index (χ0n) is 13.4. The van der Waals surface area contributed by atoms with Crippen LogP contribution in [0.5, 0.6) is 11.5 Å². The molecule has 0 saturated heterocycles. The summed E-state index contributed by atoms with van der Waals surface area (Å²) < 4.78 is 11.9. The highest BCUT2D eigenvalue weighted by atomic mass is 79.9. The molecule has 0 radical (unpaired) electrons. The highest BCUT2D eigenvalue weighted by molar-refractivity contribution is 9.10. The third-order valence-corrected chi connectivity index (χ3v) is 3.45. The van der Waals surface area contributed by atoms with E-state index in [0.29, 0.717) is 6.61 Å². The molecule has 0 aliphatic rings. The Kier molecular flexibility index (Phi) is 15.7. The van der Waals surface area contributed by atoms with E-state index in [-0.39, 0.29) is 24.8 Å². The fraction of sp³-hybridized carbons (Fsp3) is 0.600. The smallest absolute Gasteiger partial charge is 0.175 e. The molecule has 0 amide bonds. The first-order chi connectivity index (χ1) is 9.72. The summed E-state index contributed by atoms with van der Waals surface area (Å²) in [4.78, 5) is 0. The molecule has 2 N–H and O–H groups in total. The van der Waals surface area contributed by atoms with Gasteiger partial charge in [-0.1, -0.05) is 6.92 Å². The van der Waals surface area contributed by atoms with Crippen molar-refractivity contribution in [1.82, 2.24) is 10.6 Å². The van der Waals surface area contributed by atoms with Crippen LogP contribution in [-0.4, -0.2) is 33.4 Å². The minimum absolute atomic E-state index is 0. The van der Waals surface area contributed by atoms with Crippen molar-refractivity contribution in [2.24, 2.45) is 0 Å². The fourth-order valence-corrected chi connectivity index (χ4v) is 2.51. The number of benzene rings is 1. The predicted octanol–water partition coefficient (Wildman–Crippen LogP) is 3.79. The van der Waals surface area contributed by atoms with Crippen LogP contribution in [0.15, 0.2) is 16.6 Å². The maximum absolute atomic E-state index is 5.58. The topological polar surface area (TPSA) is 42.5 Å². The van der Waals surface area contributed by atoms with Crippen LogP contribution in [0.4, 0.5) is 0 Å². The zero-order chi connectivity index (χ0) is 14.8. The normalized spacial score (nSPS) is 9.64. The number of methoxy groups -OCH3 is 1. The quantitative estimate of drug-likeness (QED) is 0.568. The molecule has 0 fully saturated rings. The van der Waals surface area contributed by atoms with Gasteiger partial charge in [0.2, 0.25) is 0 Å². The van der Waals surface area contributed by atoms with Crippen LogP contribution >= 0.6 is 40.7 Å². The Morgan fingerprint density at radius 3 is 2.36 bits per heavy atom. The van der Waals surface area contributed by atoms with E-state index in [1.807, 2.05) is 13.0 Å². The second kappa shape index (κ2) is 14.4. The van der Waals surface area contributed by atoms with E-state index in [2.05, 4.69) is 39.6 Å². The Morgan fingerprint density at radius 1 is 1.09 bits per heavy atom. The molecule has 0 saturated carbocycles. The summed E-state index contributed by atoms with van der Waals surface area (Å²) in [5.41, 5.74) is 1.18. The Morgan fingerprint density at radius 2 is 1.77 bits per heavy atom. The number of rotatable bonds is 10. The van der Waals surface area contributed by atoms with Gasteiger partial charge in [0.1, 0.15) is 0 Å². The number of hydrogen-bond donors (Lipinski definition) is 2. The molecule has 0 aliphatic heterocycles. The monoisotopic (exact) mass is 416 g/mol. The minimum Gasteiger partial charge on any atom is -0.493 e. The Hall–Kier alpha value is -0.200. The van der Waals surface area contributed by atoms with Crippen LogP contribution in [0, 0.1) is 0 Å². The molecule has 0 heterocycles. The second-order valence-electron chi connectivity index (χ2n) is 4.43. The van der Waals surface area contributed by atoms with Gasteiger partial charge in [0.25, 0.3) is 0 Å². The van der Waals surface area contributed by atoms with Crippen molar-refractivity contribution in [1.29, 1.82) is 0 Å². The molecular weight excluding hydrogens is 391 g/mol. The molecule has 1 aromatic rings. The van der Waals surface area contributed by atoms with Crippen molar-refractivity contribution in [2.45, 2.75) is 26.8 Å². The summed E-state index contributed by atoms with van der Waals surface area (Å²) in [6.45, 7) is 8.62. The van der Waals surface area contributed by atoms with Crippen LogP contribution in [0.1, 0.15) is 25.8 Å². The van der Waals surface area contributed by atoms with Gasteiger partial charge in [-0.05, 0) is 66.6 Å². The molecule has 0 aliphatic carbocycles. The van der Waals surface area contributed by atoms with Crippen molar-refractivity contribution in [2.75, 3.05) is 33.4 Å². The number of nitrogens with one attached hydrogen (secondary N) is 2. The van der Waals surface area contributed by atoms with E-state index in [0.717, 1.165) is 48.6 Å². The van der Waals surface area contributed by atoms with Gasteiger partial charge >= 0.3 is 0 Å². The summed E-state index contributed by atoms with van der Waals surface area (Å²) >= 11 is 3.54. The van der Waals surface area contributed by atoms with Crippen LogP contribution in [0.2, 0.25) is 0 Å². The molecular formula is C15H27BrCl2N2O2. The lowest BCUT2D eigenvalue weighted by Crippen LogP contribution is -2.21. The molecule has 4 nitrogen and oxygen atoms in total. The lowest BCUT2D eigenvalue weighted by atomic mass is 10.2. The summed E-state index contributed by atoms with van der Waals surface area (Å²) in [7, 11) is 1.66. The highest BCUT2D eigenvalue weighted by Gasteiger charge is 2.10. The number of ether oxygens (including phenoxy) is 2. The van der Waals surface area contributed by atoms with Gasteiger partial charge in [0.05, 0.1) is 18.2 Å². The van der Waals surface area contributed by atoms with E-state index in [1.165, 1.54) is 5.56 Å². The van der Waals surface area contributed by atoms with Crippen LogP contribution in [-0.2, 0) is 6.54 Å². The maximum atomic E-state index is 5.58. The van der Waals surface area contributed by atoms with Crippen molar-refractivity contribution < 1.29 is 9.47 Å². The second-order valence-corrected chi connectivity index (χ2v) is 5.28. The van der Waals surface area contributed by atoms with Gasteiger partial charge in [0, 0.05) is 6.54 Å². The molecule has 0 atom stereocenters. The van der Waals surface area contributed by atoms with E-state index >= 15 is 0 Å². The molecule has 1 aromatic carbocycles. The lowest BCUT2D eigenvalue weighted by molar-refractivity contribution is 0.308. The van der Waals surface area contributed by atoms with E-state index in [1.54, 1.807) is 7.11 Å². The summed E-state index contributed by atoms with van der Waals surface area (Å²) in [6.07, 6.45) is 1.13. The number of halogens is 3. The third kappa shape index (κ3) is 8.44. The molecule has 130 valence electrons. The van der Waals surface area contributed by atoms with Crippen molar-refractivity contribution in [3.8, 4) is 11.5 Å². The molecule has 0 spiro atoms.